The fourth-order valence-corrected chi connectivity index (χ4v) is 2.41. The van der Waals surface area contributed by atoms with Gasteiger partial charge in [0.1, 0.15) is 17.1 Å². The van der Waals surface area contributed by atoms with Gasteiger partial charge >= 0.3 is 0 Å². The van der Waals surface area contributed by atoms with E-state index in [4.69, 9.17) is 16.3 Å². The zero-order valence-corrected chi connectivity index (χ0v) is 12.2. The lowest BCUT2D eigenvalue weighted by Crippen LogP contribution is -2.05. The highest BCUT2D eigenvalue weighted by atomic mass is 35.5. The number of imidazole rings is 1. The fraction of sp³-hybridized carbons (Fsp3) is 0.200. The molecule has 0 saturated carbocycles. The third-order valence-electron chi connectivity index (χ3n) is 3.22. The summed E-state index contributed by atoms with van der Waals surface area (Å²) in [6, 6.07) is 9.37. The number of fused-ring (bicyclic) bond motifs is 1. The van der Waals surface area contributed by atoms with Crippen LogP contribution in [0.25, 0.3) is 22.6 Å². The van der Waals surface area contributed by atoms with Gasteiger partial charge in [-0.3, -0.25) is 0 Å². The molecule has 0 amide bonds. The van der Waals surface area contributed by atoms with Crippen molar-refractivity contribution in [3.63, 3.8) is 0 Å². The predicted octanol–water partition coefficient (Wildman–Crippen LogP) is 2.75. The summed E-state index contributed by atoms with van der Waals surface area (Å²) >= 11 is 5.97. The third-order valence-corrected chi connectivity index (χ3v) is 3.43. The van der Waals surface area contributed by atoms with Crippen LogP contribution < -0.4 is 4.74 Å². The van der Waals surface area contributed by atoms with Gasteiger partial charge in [-0.25, -0.2) is 9.97 Å². The van der Waals surface area contributed by atoms with Crippen LogP contribution in [-0.4, -0.2) is 33.4 Å². The van der Waals surface area contributed by atoms with Crippen molar-refractivity contribution in [1.29, 1.82) is 0 Å². The average Bonchev–Trinajstić information content (AvgIpc) is 2.85. The number of benzene rings is 1. The van der Waals surface area contributed by atoms with Crippen molar-refractivity contribution in [2.24, 2.45) is 0 Å². The summed E-state index contributed by atoms with van der Waals surface area (Å²) in [5.74, 6) is 1.53. The number of hydrogen-bond donors (Lipinski definition) is 1. The molecular formula is C15H14ClN3O2. The maximum Gasteiger partial charge on any atom is 0.160 e. The Bertz CT molecular complexity index is 768. The van der Waals surface area contributed by atoms with Gasteiger partial charge in [-0.15, -0.1) is 0 Å². The minimum atomic E-state index is 0.0128. The normalized spacial score (nSPS) is 11.0. The van der Waals surface area contributed by atoms with E-state index in [2.05, 4.69) is 9.97 Å². The Labute approximate surface area is 126 Å². The van der Waals surface area contributed by atoms with Crippen molar-refractivity contribution >= 4 is 22.8 Å². The second-order valence-corrected chi connectivity index (χ2v) is 4.97. The number of rotatable bonds is 4. The van der Waals surface area contributed by atoms with E-state index in [1.807, 2.05) is 28.8 Å². The molecule has 0 aliphatic rings. The first kappa shape index (κ1) is 13.9. The number of ether oxygens (including phenoxy) is 1. The van der Waals surface area contributed by atoms with Crippen LogP contribution >= 0.6 is 11.6 Å². The first-order chi connectivity index (χ1) is 10.2. The van der Waals surface area contributed by atoms with Gasteiger partial charge in [0.05, 0.1) is 18.7 Å². The van der Waals surface area contributed by atoms with Crippen molar-refractivity contribution in [3.8, 4) is 17.1 Å². The van der Waals surface area contributed by atoms with E-state index >= 15 is 0 Å². The summed E-state index contributed by atoms with van der Waals surface area (Å²) in [5, 5.41) is 9.82. The standard InChI is InChI=1S/C15H14ClN3O2/c1-21-12-4-2-10(3-5-12)14-18-13-8-11(16)9-17-15(13)19(14)6-7-20/h2-5,8-9,20H,6-7H2,1H3. The molecule has 21 heavy (non-hydrogen) atoms. The van der Waals surface area contributed by atoms with E-state index < -0.39 is 0 Å². The second kappa shape index (κ2) is 5.71. The molecular weight excluding hydrogens is 290 g/mol. The molecule has 0 spiro atoms. The van der Waals surface area contributed by atoms with E-state index in [0.717, 1.165) is 17.1 Å². The molecule has 108 valence electrons. The van der Waals surface area contributed by atoms with Crippen molar-refractivity contribution in [2.75, 3.05) is 13.7 Å². The van der Waals surface area contributed by atoms with Gasteiger partial charge in [0.25, 0.3) is 0 Å². The van der Waals surface area contributed by atoms with Crippen LogP contribution in [0.15, 0.2) is 36.5 Å². The summed E-state index contributed by atoms with van der Waals surface area (Å²) in [5.41, 5.74) is 2.35. The second-order valence-electron chi connectivity index (χ2n) is 4.54. The Morgan fingerprint density at radius 3 is 2.71 bits per heavy atom. The van der Waals surface area contributed by atoms with E-state index in [9.17, 15) is 5.11 Å². The summed E-state index contributed by atoms with van der Waals surface area (Å²) in [6.45, 7) is 0.436. The first-order valence-corrected chi connectivity index (χ1v) is 6.88. The molecule has 0 atom stereocenters. The lowest BCUT2D eigenvalue weighted by atomic mass is 10.2. The topological polar surface area (TPSA) is 60.2 Å². The molecule has 5 nitrogen and oxygen atoms in total. The lowest BCUT2D eigenvalue weighted by molar-refractivity contribution is 0.278. The SMILES string of the molecule is COc1ccc(-c2nc3cc(Cl)cnc3n2CCO)cc1. The van der Waals surface area contributed by atoms with Crippen molar-refractivity contribution < 1.29 is 9.84 Å². The molecule has 0 saturated heterocycles. The molecule has 3 rings (SSSR count). The van der Waals surface area contributed by atoms with Gasteiger partial charge < -0.3 is 14.4 Å². The molecule has 0 radical (unpaired) electrons. The number of nitrogens with zero attached hydrogens (tertiary/aromatic N) is 3. The van der Waals surface area contributed by atoms with Crippen molar-refractivity contribution in [1.82, 2.24) is 14.5 Å². The monoisotopic (exact) mass is 303 g/mol. The third kappa shape index (κ3) is 2.57. The number of methoxy groups -OCH3 is 1. The Hall–Kier alpha value is -2.11. The van der Waals surface area contributed by atoms with Crippen LogP contribution in [0.4, 0.5) is 0 Å². The van der Waals surface area contributed by atoms with Crippen LogP contribution in [0.1, 0.15) is 0 Å². The number of aromatic nitrogens is 3. The molecule has 0 unspecified atom stereocenters. The smallest absolute Gasteiger partial charge is 0.160 e. The highest BCUT2D eigenvalue weighted by Crippen LogP contribution is 2.26. The largest absolute Gasteiger partial charge is 0.497 e. The Balaban J connectivity index is 2.17. The summed E-state index contributed by atoms with van der Waals surface area (Å²) in [6.07, 6.45) is 1.58. The van der Waals surface area contributed by atoms with E-state index in [1.165, 1.54) is 0 Å². The van der Waals surface area contributed by atoms with E-state index in [0.29, 0.717) is 22.7 Å². The Morgan fingerprint density at radius 2 is 2.05 bits per heavy atom. The fourth-order valence-electron chi connectivity index (χ4n) is 2.26. The first-order valence-electron chi connectivity index (χ1n) is 6.50. The number of halogens is 1. The average molecular weight is 304 g/mol. The van der Waals surface area contributed by atoms with Gasteiger partial charge in [-0.05, 0) is 30.3 Å². The molecule has 0 fully saturated rings. The predicted molar refractivity (Wildman–Crippen MR) is 81.6 cm³/mol. The maximum atomic E-state index is 9.28. The van der Waals surface area contributed by atoms with Crippen LogP contribution in [0, 0.1) is 0 Å². The minimum absolute atomic E-state index is 0.0128. The molecule has 1 N–H and O–H groups in total. The van der Waals surface area contributed by atoms with Crippen molar-refractivity contribution in [2.45, 2.75) is 6.54 Å². The van der Waals surface area contributed by atoms with Crippen LogP contribution in [0.5, 0.6) is 5.75 Å². The molecule has 0 aliphatic carbocycles. The number of pyridine rings is 1. The highest BCUT2D eigenvalue weighted by Gasteiger charge is 2.13. The quantitative estimate of drug-likeness (QED) is 0.805. The highest BCUT2D eigenvalue weighted by molar-refractivity contribution is 6.31. The molecule has 0 aliphatic heterocycles. The molecule has 6 heteroatoms. The van der Waals surface area contributed by atoms with Gasteiger partial charge in [0, 0.05) is 18.3 Å². The van der Waals surface area contributed by atoms with Gasteiger partial charge in [-0.1, -0.05) is 11.6 Å². The van der Waals surface area contributed by atoms with Gasteiger partial charge in [0.15, 0.2) is 5.65 Å². The number of hydrogen-bond acceptors (Lipinski definition) is 4. The van der Waals surface area contributed by atoms with Crippen LogP contribution in [0.3, 0.4) is 0 Å². The van der Waals surface area contributed by atoms with E-state index in [-0.39, 0.29) is 6.61 Å². The summed E-state index contributed by atoms with van der Waals surface area (Å²) < 4.78 is 7.04. The lowest BCUT2D eigenvalue weighted by Gasteiger charge is -2.07. The molecule has 3 aromatic rings. The Morgan fingerprint density at radius 1 is 1.29 bits per heavy atom. The maximum absolute atomic E-state index is 9.28. The van der Waals surface area contributed by atoms with Crippen LogP contribution in [0.2, 0.25) is 5.02 Å². The molecule has 2 heterocycles. The van der Waals surface area contributed by atoms with Gasteiger partial charge in [-0.2, -0.15) is 0 Å². The molecule has 2 aromatic heterocycles. The number of aliphatic hydroxyl groups excluding tert-OH is 1. The molecule has 1 aromatic carbocycles. The zero-order chi connectivity index (χ0) is 14.8. The Kier molecular flexibility index (Phi) is 3.77. The minimum Gasteiger partial charge on any atom is -0.497 e. The summed E-state index contributed by atoms with van der Waals surface area (Å²) in [7, 11) is 1.63. The van der Waals surface area contributed by atoms with Crippen LogP contribution in [-0.2, 0) is 6.54 Å². The number of aliphatic hydroxyl groups is 1. The zero-order valence-electron chi connectivity index (χ0n) is 11.5. The van der Waals surface area contributed by atoms with E-state index in [1.54, 1.807) is 19.4 Å². The summed E-state index contributed by atoms with van der Waals surface area (Å²) in [4.78, 5) is 8.89. The van der Waals surface area contributed by atoms with Gasteiger partial charge in [0.2, 0.25) is 0 Å². The molecule has 0 bridgehead atoms. The van der Waals surface area contributed by atoms with Crippen molar-refractivity contribution in [3.05, 3.63) is 41.6 Å².